The number of esters is 1. The Balaban J connectivity index is 1.68. The Labute approximate surface area is 186 Å². The summed E-state index contributed by atoms with van der Waals surface area (Å²) in [4.78, 5) is 16.5. The number of rotatable bonds is 7. The molecule has 0 radical (unpaired) electrons. The lowest BCUT2D eigenvalue weighted by atomic mass is 10.1. The molecule has 4 rings (SSSR count). The van der Waals surface area contributed by atoms with Crippen LogP contribution in [0, 0.1) is 0 Å². The van der Waals surface area contributed by atoms with Crippen LogP contribution in [-0.2, 0) is 17.0 Å². The van der Waals surface area contributed by atoms with Crippen molar-refractivity contribution in [2.75, 3.05) is 6.61 Å². The maximum atomic E-state index is 12.5. The standard InChI is InChI=1S/C21H19BrN4O3S/c1-3-26-19(13-7-9-23-10-8-13)24-25-21(26)30-12-16-15-11-14(22)5-6-17(15)29-18(16)20(27)28-4-2/h5-11H,3-4,12H2,1-2H3. The van der Waals surface area contributed by atoms with Crippen molar-refractivity contribution in [1.29, 1.82) is 0 Å². The number of fused-ring (bicyclic) bond motifs is 1. The van der Waals surface area contributed by atoms with Crippen LogP contribution < -0.4 is 0 Å². The molecule has 0 aliphatic rings. The summed E-state index contributed by atoms with van der Waals surface area (Å²) in [7, 11) is 0. The molecular weight excluding hydrogens is 468 g/mol. The van der Waals surface area contributed by atoms with E-state index in [1.807, 2.05) is 41.8 Å². The maximum Gasteiger partial charge on any atom is 0.374 e. The lowest BCUT2D eigenvalue weighted by Crippen LogP contribution is -2.06. The monoisotopic (exact) mass is 486 g/mol. The van der Waals surface area contributed by atoms with Crippen LogP contribution in [0.1, 0.15) is 30.0 Å². The van der Waals surface area contributed by atoms with E-state index in [9.17, 15) is 4.79 Å². The predicted molar refractivity (Wildman–Crippen MR) is 118 cm³/mol. The third kappa shape index (κ3) is 3.99. The van der Waals surface area contributed by atoms with Crippen LogP contribution in [0.15, 0.2) is 56.8 Å². The molecule has 1 aromatic carbocycles. The fraction of sp³-hybridized carbons (Fsp3) is 0.238. The van der Waals surface area contributed by atoms with Crippen molar-refractivity contribution in [3.63, 3.8) is 0 Å². The van der Waals surface area contributed by atoms with Crippen molar-refractivity contribution >= 4 is 44.6 Å². The number of hydrogen-bond donors (Lipinski definition) is 0. The van der Waals surface area contributed by atoms with Gasteiger partial charge in [-0.1, -0.05) is 27.7 Å². The van der Waals surface area contributed by atoms with Crippen molar-refractivity contribution in [1.82, 2.24) is 19.7 Å². The summed E-state index contributed by atoms with van der Waals surface area (Å²) < 4.78 is 14.0. The summed E-state index contributed by atoms with van der Waals surface area (Å²) in [6.07, 6.45) is 3.47. The number of nitrogens with zero attached hydrogens (tertiary/aromatic N) is 4. The first-order valence-corrected chi connectivity index (χ1v) is 11.2. The molecule has 0 N–H and O–H groups in total. The third-order valence-electron chi connectivity index (χ3n) is 4.53. The molecule has 0 bridgehead atoms. The van der Waals surface area contributed by atoms with Crippen molar-refractivity contribution in [3.8, 4) is 11.4 Å². The van der Waals surface area contributed by atoms with E-state index in [0.717, 1.165) is 38.5 Å². The smallest absolute Gasteiger partial charge is 0.374 e. The highest BCUT2D eigenvalue weighted by Gasteiger charge is 2.23. The van der Waals surface area contributed by atoms with E-state index in [4.69, 9.17) is 9.15 Å². The van der Waals surface area contributed by atoms with Gasteiger partial charge >= 0.3 is 5.97 Å². The fourth-order valence-electron chi connectivity index (χ4n) is 3.16. The minimum Gasteiger partial charge on any atom is -0.460 e. The van der Waals surface area contributed by atoms with Crippen LogP contribution in [0.2, 0.25) is 0 Å². The Morgan fingerprint density at radius 1 is 1.20 bits per heavy atom. The number of carbonyl (C=O) groups excluding carboxylic acids is 1. The molecule has 0 atom stereocenters. The van der Waals surface area contributed by atoms with Gasteiger partial charge in [-0.25, -0.2) is 4.79 Å². The van der Waals surface area contributed by atoms with Crippen molar-refractivity contribution in [3.05, 3.63) is 58.5 Å². The van der Waals surface area contributed by atoms with Crippen molar-refractivity contribution in [2.45, 2.75) is 31.3 Å². The number of benzene rings is 1. The molecule has 30 heavy (non-hydrogen) atoms. The summed E-state index contributed by atoms with van der Waals surface area (Å²) in [6.45, 7) is 4.82. The van der Waals surface area contributed by atoms with E-state index < -0.39 is 5.97 Å². The first-order valence-electron chi connectivity index (χ1n) is 9.46. The van der Waals surface area contributed by atoms with Gasteiger partial charge in [0.1, 0.15) is 5.58 Å². The topological polar surface area (TPSA) is 83.0 Å². The highest BCUT2D eigenvalue weighted by atomic mass is 79.9. The van der Waals surface area contributed by atoms with E-state index in [2.05, 4.69) is 31.1 Å². The number of thioether (sulfide) groups is 1. The molecular formula is C21H19BrN4O3S. The molecule has 0 saturated carbocycles. The van der Waals surface area contributed by atoms with E-state index in [0.29, 0.717) is 11.3 Å². The molecule has 0 unspecified atom stereocenters. The van der Waals surface area contributed by atoms with Crippen LogP contribution in [0.3, 0.4) is 0 Å². The zero-order valence-corrected chi connectivity index (χ0v) is 18.9. The number of pyridine rings is 1. The number of halogens is 1. The molecule has 0 saturated heterocycles. The number of ether oxygens (including phenoxy) is 1. The molecule has 0 aliphatic carbocycles. The number of aromatic nitrogens is 4. The SMILES string of the molecule is CCOC(=O)c1oc2ccc(Br)cc2c1CSc1nnc(-c2ccncc2)n1CC. The Kier molecular flexibility index (Phi) is 6.19. The molecule has 3 heterocycles. The first-order chi connectivity index (χ1) is 14.6. The molecule has 0 spiro atoms. The Hall–Kier alpha value is -2.65. The summed E-state index contributed by atoms with van der Waals surface area (Å²) in [6, 6.07) is 9.48. The minimum atomic E-state index is -0.463. The quantitative estimate of drug-likeness (QED) is 0.257. The highest BCUT2D eigenvalue weighted by molar-refractivity contribution is 9.10. The third-order valence-corrected chi connectivity index (χ3v) is 6.02. The lowest BCUT2D eigenvalue weighted by molar-refractivity contribution is 0.0491. The van der Waals surface area contributed by atoms with Crippen LogP contribution in [-0.4, -0.2) is 32.3 Å². The number of carbonyl (C=O) groups is 1. The highest BCUT2D eigenvalue weighted by Crippen LogP contribution is 2.34. The van der Waals surface area contributed by atoms with Crippen molar-refractivity contribution < 1.29 is 13.9 Å². The second kappa shape index (κ2) is 9.01. The predicted octanol–water partition coefficient (Wildman–Crippen LogP) is 5.34. The molecule has 7 nitrogen and oxygen atoms in total. The van der Waals surface area contributed by atoms with Crippen LogP contribution >= 0.6 is 27.7 Å². The Morgan fingerprint density at radius 2 is 2.00 bits per heavy atom. The van der Waals surface area contributed by atoms with Gasteiger partial charge in [0, 0.05) is 45.7 Å². The van der Waals surface area contributed by atoms with E-state index in [-0.39, 0.29) is 12.4 Å². The second-order valence-electron chi connectivity index (χ2n) is 6.35. The average Bonchev–Trinajstić information content (AvgIpc) is 3.33. The summed E-state index contributed by atoms with van der Waals surface area (Å²) >= 11 is 5.00. The van der Waals surface area contributed by atoms with E-state index in [1.54, 1.807) is 19.3 Å². The van der Waals surface area contributed by atoms with Crippen LogP contribution in [0.25, 0.3) is 22.4 Å². The van der Waals surface area contributed by atoms with Gasteiger partial charge in [0.05, 0.1) is 6.61 Å². The van der Waals surface area contributed by atoms with E-state index >= 15 is 0 Å². The lowest BCUT2D eigenvalue weighted by Gasteiger charge is -2.07. The van der Waals surface area contributed by atoms with Crippen LogP contribution in [0.5, 0.6) is 0 Å². The largest absolute Gasteiger partial charge is 0.460 e. The molecule has 9 heteroatoms. The summed E-state index contributed by atoms with van der Waals surface area (Å²) in [5.74, 6) is 1.04. The normalized spacial score (nSPS) is 11.2. The summed E-state index contributed by atoms with van der Waals surface area (Å²) in [5.41, 5.74) is 2.38. The summed E-state index contributed by atoms with van der Waals surface area (Å²) in [5, 5.41) is 10.4. The van der Waals surface area contributed by atoms with Gasteiger partial charge in [0.2, 0.25) is 5.76 Å². The minimum absolute atomic E-state index is 0.231. The first kappa shape index (κ1) is 20.6. The molecule has 0 aliphatic heterocycles. The van der Waals surface area contributed by atoms with Gasteiger partial charge in [0.25, 0.3) is 0 Å². The van der Waals surface area contributed by atoms with Gasteiger partial charge in [0.15, 0.2) is 11.0 Å². The van der Waals surface area contributed by atoms with Crippen LogP contribution in [0.4, 0.5) is 0 Å². The second-order valence-corrected chi connectivity index (χ2v) is 8.20. The van der Waals surface area contributed by atoms with Crippen molar-refractivity contribution in [2.24, 2.45) is 0 Å². The molecule has 154 valence electrons. The molecule has 0 amide bonds. The fourth-order valence-corrected chi connectivity index (χ4v) is 4.55. The zero-order valence-electron chi connectivity index (χ0n) is 16.5. The molecule has 3 aromatic heterocycles. The van der Waals surface area contributed by atoms with Gasteiger partial charge in [-0.05, 0) is 44.2 Å². The van der Waals surface area contributed by atoms with E-state index in [1.165, 1.54) is 11.8 Å². The molecule has 0 fully saturated rings. The van der Waals surface area contributed by atoms with Gasteiger partial charge in [-0.2, -0.15) is 0 Å². The number of hydrogen-bond acceptors (Lipinski definition) is 7. The molecule has 4 aromatic rings. The van der Waals surface area contributed by atoms with Gasteiger partial charge in [-0.3, -0.25) is 4.98 Å². The Morgan fingerprint density at radius 3 is 2.73 bits per heavy atom. The average molecular weight is 487 g/mol. The van der Waals surface area contributed by atoms with Gasteiger partial charge < -0.3 is 13.7 Å². The number of furan rings is 1. The maximum absolute atomic E-state index is 12.5. The Bertz CT molecular complexity index is 1190. The zero-order chi connectivity index (χ0) is 21.1. The van der Waals surface area contributed by atoms with Gasteiger partial charge in [-0.15, -0.1) is 10.2 Å².